The molecule has 0 unspecified atom stereocenters. The van der Waals surface area contributed by atoms with Crippen LogP contribution in [0.3, 0.4) is 0 Å². The Morgan fingerprint density at radius 3 is 2.31 bits per heavy atom. The third-order valence-corrected chi connectivity index (χ3v) is 3.45. The molecule has 1 saturated carbocycles. The van der Waals surface area contributed by atoms with Crippen molar-refractivity contribution in [2.24, 2.45) is 5.92 Å². The summed E-state index contributed by atoms with van der Waals surface area (Å²) in [7, 11) is 0. The molecule has 0 saturated heterocycles. The minimum Gasteiger partial charge on any atom is -0.314 e. The first-order chi connectivity index (χ1) is 6.36. The molecule has 78 valence electrons. The smallest absolute Gasteiger partial charge is 0.00618 e. The molecule has 13 heavy (non-hydrogen) atoms. The molecule has 0 bridgehead atoms. The predicted octanol–water partition coefficient (Wildman–Crippen LogP) is 3.34. The van der Waals surface area contributed by atoms with Crippen LogP contribution in [0.4, 0.5) is 0 Å². The van der Waals surface area contributed by atoms with Crippen molar-refractivity contribution in [2.45, 2.75) is 64.8 Å². The lowest BCUT2D eigenvalue weighted by Gasteiger charge is -2.16. The van der Waals surface area contributed by atoms with Crippen LogP contribution in [0, 0.1) is 5.92 Å². The molecule has 1 nitrogen and oxygen atoms in total. The highest BCUT2D eigenvalue weighted by Gasteiger charge is 2.14. The normalized spacial score (nSPS) is 18.7. The zero-order chi connectivity index (χ0) is 9.52. The van der Waals surface area contributed by atoms with Gasteiger partial charge in [0.15, 0.2) is 0 Å². The van der Waals surface area contributed by atoms with E-state index in [1.54, 1.807) is 0 Å². The Bertz CT molecular complexity index is 110. The van der Waals surface area contributed by atoms with Crippen LogP contribution in [-0.2, 0) is 0 Å². The molecule has 0 radical (unpaired) electrons. The van der Waals surface area contributed by atoms with Gasteiger partial charge in [-0.1, -0.05) is 39.5 Å². The quantitative estimate of drug-likeness (QED) is 0.666. The van der Waals surface area contributed by atoms with E-state index in [0.717, 1.165) is 12.0 Å². The molecule has 0 aromatic heterocycles. The molecular formula is C12H25N. The molecule has 1 aliphatic rings. The number of nitrogens with one attached hydrogen (secondary N) is 1. The third kappa shape index (κ3) is 4.12. The van der Waals surface area contributed by atoms with Gasteiger partial charge in [0, 0.05) is 6.04 Å². The van der Waals surface area contributed by atoms with E-state index >= 15 is 0 Å². The molecule has 1 heteroatoms. The predicted molar refractivity (Wildman–Crippen MR) is 58.9 cm³/mol. The van der Waals surface area contributed by atoms with E-state index in [4.69, 9.17) is 0 Å². The van der Waals surface area contributed by atoms with Gasteiger partial charge in [0.2, 0.25) is 0 Å². The van der Waals surface area contributed by atoms with E-state index in [9.17, 15) is 0 Å². The lowest BCUT2D eigenvalue weighted by Crippen LogP contribution is -2.29. The van der Waals surface area contributed by atoms with Crippen LogP contribution in [0.2, 0.25) is 0 Å². The molecule has 0 aliphatic heterocycles. The first-order valence-corrected chi connectivity index (χ1v) is 6.10. The largest absolute Gasteiger partial charge is 0.314 e. The van der Waals surface area contributed by atoms with Crippen molar-refractivity contribution in [3.8, 4) is 0 Å². The van der Waals surface area contributed by atoms with Gasteiger partial charge in [0.05, 0.1) is 0 Å². The van der Waals surface area contributed by atoms with Crippen LogP contribution >= 0.6 is 0 Å². The van der Waals surface area contributed by atoms with Crippen molar-refractivity contribution in [3.05, 3.63) is 0 Å². The molecular weight excluding hydrogens is 158 g/mol. The molecule has 1 N–H and O–H groups in total. The molecule has 0 atom stereocenters. The summed E-state index contributed by atoms with van der Waals surface area (Å²) in [5.74, 6) is 1.04. The standard InChI is InChI=1S/C12H25N/c1-3-12(4-2)13-10-9-11-7-5-6-8-11/h11-13H,3-10H2,1-2H3. The Morgan fingerprint density at radius 1 is 1.15 bits per heavy atom. The summed E-state index contributed by atoms with van der Waals surface area (Å²) >= 11 is 0. The number of hydrogen-bond acceptors (Lipinski definition) is 1. The maximum Gasteiger partial charge on any atom is 0.00618 e. The van der Waals surface area contributed by atoms with Gasteiger partial charge in [-0.3, -0.25) is 0 Å². The molecule has 1 rings (SSSR count). The van der Waals surface area contributed by atoms with E-state index < -0.39 is 0 Å². The van der Waals surface area contributed by atoms with Crippen LogP contribution < -0.4 is 5.32 Å². The summed E-state index contributed by atoms with van der Waals surface area (Å²) in [6.45, 7) is 5.80. The Balaban J connectivity index is 1.98. The lowest BCUT2D eigenvalue weighted by atomic mass is 10.0. The average molecular weight is 183 g/mol. The van der Waals surface area contributed by atoms with E-state index in [0.29, 0.717) is 0 Å². The van der Waals surface area contributed by atoms with Crippen LogP contribution in [0.5, 0.6) is 0 Å². The van der Waals surface area contributed by atoms with Crippen molar-refractivity contribution in [2.75, 3.05) is 6.54 Å². The van der Waals surface area contributed by atoms with Gasteiger partial charge in [-0.2, -0.15) is 0 Å². The SMILES string of the molecule is CCC(CC)NCCC1CCCC1. The average Bonchev–Trinajstić information content (AvgIpc) is 2.65. The van der Waals surface area contributed by atoms with Crippen LogP contribution in [0.1, 0.15) is 58.8 Å². The van der Waals surface area contributed by atoms with Gasteiger partial charge in [-0.05, 0) is 31.7 Å². The highest BCUT2D eigenvalue weighted by atomic mass is 14.9. The zero-order valence-electron chi connectivity index (χ0n) is 9.31. The fourth-order valence-corrected chi connectivity index (χ4v) is 2.37. The Kier molecular flexibility index (Phi) is 5.45. The van der Waals surface area contributed by atoms with Crippen molar-refractivity contribution in [1.82, 2.24) is 5.32 Å². The van der Waals surface area contributed by atoms with E-state index in [2.05, 4.69) is 19.2 Å². The van der Waals surface area contributed by atoms with Crippen molar-refractivity contribution >= 4 is 0 Å². The van der Waals surface area contributed by atoms with Gasteiger partial charge in [-0.15, -0.1) is 0 Å². The van der Waals surface area contributed by atoms with Gasteiger partial charge in [-0.25, -0.2) is 0 Å². The Morgan fingerprint density at radius 2 is 1.77 bits per heavy atom. The molecule has 0 spiro atoms. The fourth-order valence-electron chi connectivity index (χ4n) is 2.37. The summed E-state index contributed by atoms with van der Waals surface area (Å²) in [5.41, 5.74) is 0. The maximum atomic E-state index is 3.65. The monoisotopic (exact) mass is 183 g/mol. The first-order valence-electron chi connectivity index (χ1n) is 6.10. The highest BCUT2D eigenvalue weighted by Crippen LogP contribution is 2.26. The Labute approximate surface area is 83.3 Å². The zero-order valence-corrected chi connectivity index (χ0v) is 9.31. The van der Waals surface area contributed by atoms with Gasteiger partial charge >= 0.3 is 0 Å². The second-order valence-electron chi connectivity index (χ2n) is 4.41. The lowest BCUT2D eigenvalue weighted by molar-refractivity contribution is 0.426. The molecule has 1 fully saturated rings. The summed E-state index contributed by atoms with van der Waals surface area (Å²) in [6.07, 6.45) is 9.92. The molecule has 1 aliphatic carbocycles. The summed E-state index contributed by atoms with van der Waals surface area (Å²) in [4.78, 5) is 0. The van der Waals surface area contributed by atoms with Gasteiger partial charge in [0.25, 0.3) is 0 Å². The topological polar surface area (TPSA) is 12.0 Å². The highest BCUT2D eigenvalue weighted by molar-refractivity contribution is 4.70. The first kappa shape index (κ1) is 11.0. The second kappa shape index (κ2) is 6.42. The summed E-state index contributed by atoms with van der Waals surface area (Å²) < 4.78 is 0. The van der Waals surface area contributed by atoms with Crippen molar-refractivity contribution < 1.29 is 0 Å². The number of hydrogen-bond donors (Lipinski definition) is 1. The maximum absolute atomic E-state index is 3.65. The van der Waals surface area contributed by atoms with Crippen LogP contribution in [0.15, 0.2) is 0 Å². The minimum absolute atomic E-state index is 0.765. The summed E-state index contributed by atoms with van der Waals surface area (Å²) in [6, 6.07) is 0.765. The van der Waals surface area contributed by atoms with Crippen molar-refractivity contribution in [1.29, 1.82) is 0 Å². The molecule has 0 heterocycles. The molecule has 0 aromatic carbocycles. The van der Waals surface area contributed by atoms with Gasteiger partial charge in [0.1, 0.15) is 0 Å². The van der Waals surface area contributed by atoms with Crippen LogP contribution in [0.25, 0.3) is 0 Å². The molecule has 0 aromatic rings. The van der Waals surface area contributed by atoms with Crippen molar-refractivity contribution in [3.63, 3.8) is 0 Å². The number of rotatable bonds is 6. The van der Waals surface area contributed by atoms with E-state index in [-0.39, 0.29) is 0 Å². The fraction of sp³-hybridized carbons (Fsp3) is 1.00. The summed E-state index contributed by atoms with van der Waals surface area (Å²) in [5, 5.41) is 3.65. The second-order valence-corrected chi connectivity index (χ2v) is 4.41. The third-order valence-electron chi connectivity index (χ3n) is 3.45. The van der Waals surface area contributed by atoms with Gasteiger partial charge < -0.3 is 5.32 Å². The van der Waals surface area contributed by atoms with E-state index in [1.807, 2.05) is 0 Å². The minimum atomic E-state index is 0.765. The van der Waals surface area contributed by atoms with Crippen LogP contribution in [-0.4, -0.2) is 12.6 Å². The Hall–Kier alpha value is -0.0400. The van der Waals surface area contributed by atoms with E-state index in [1.165, 1.54) is 51.5 Å². The molecule has 0 amide bonds.